The van der Waals surface area contributed by atoms with Crippen LogP contribution in [-0.4, -0.2) is 29.8 Å². The van der Waals surface area contributed by atoms with Gasteiger partial charge in [-0.25, -0.2) is 0 Å². The predicted octanol–water partition coefficient (Wildman–Crippen LogP) is 3.02. The molecule has 1 fully saturated rings. The van der Waals surface area contributed by atoms with E-state index in [-0.39, 0.29) is 24.5 Å². The lowest BCUT2D eigenvalue weighted by Gasteiger charge is -2.26. The number of hydrogen-bond acceptors (Lipinski definition) is 3. The summed E-state index contributed by atoms with van der Waals surface area (Å²) < 4.78 is 5.74. The van der Waals surface area contributed by atoms with Crippen LogP contribution in [0, 0.1) is 5.92 Å². The fourth-order valence-electron chi connectivity index (χ4n) is 1.96. The van der Waals surface area contributed by atoms with Crippen LogP contribution in [0.3, 0.4) is 0 Å². The molecule has 21 heavy (non-hydrogen) atoms. The molecule has 1 saturated carbocycles. The van der Waals surface area contributed by atoms with Gasteiger partial charge >= 0.3 is 0 Å². The second kappa shape index (κ2) is 7.14. The molecule has 1 amide bonds. The van der Waals surface area contributed by atoms with Gasteiger partial charge in [0.1, 0.15) is 5.75 Å². The van der Waals surface area contributed by atoms with Crippen LogP contribution in [0.1, 0.15) is 43.5 Å². The highest BCUT2D eigenvalue weighted by molar-refractivity contribution is 6.34. The third-order valence-corrected chi connectivity index (χ3v) is 4.09. The van der Waals surface area contributed by atoms with Crippen molar-refractivity contribution in [3.05, 3.63) is 28.8 Å². The molecular formula is C16H22ClNO3. The molecule has 0 heterocycles. The number of ether oxygens (including phenoxy) is 1. The van der Waals surface area contributed by atoms with Gasteiger partial charge in [-0.3, -0.25) is 4.79 Å². The third kappa shape index (κ3) is 4.35. The van der Waals surface area contributed by atoms with Crippen LogP contribution in [0.15, 0.2) is 18.2 Å². The first-order valence-corrected chi connectivity index (χ1v) is 7.77. The number of benzene rings is 1. The van der Waals surface area contributed by atoms with Crippen LogP contribution >= 0.6 is 11.6 Å². The largest absolute Gasteiger partial charge is 0.490 e. The Bertz CT molecular complexity index is 500. The van der Waals surface area contributed by atoms with Crippen molar-refractivity contribution in [2.45, 2.75) is 45.3 Å². The van der Waals surface area contributed by atoms with E-state index in [9.17, 15) is 9.90 Å². The minimum atomic E-state index is -0.561. The van der Waals surface area contributed by atoms with Gasteiger partial charge in [-0.05, 0) is 43.4 Å². The fourth-order valence-corrected chi connectivity index (χ4v) is 2.22. The Kier molecular flexibility index (Phi) is 5.48. The van der Waals surface area contributed by atoms with Crippen molar-refractivity contribution in [1.82, 2.24) is 5.32 Å². The summed E-state index contributed by atoms with van der Waals surface area (Å²) in [6.45, 7) is 4.01. The van der Waals surface area contributed by atoms with Gasteiger partial charge in [0.25, 0.3) is 5.91 Å². The summed E-state index contributed by atoms with van der Waals surface area (Å²) in [6.07, 6.45) is 3.08. The summed E-state index contributed by atoms with van der Waals surface area (Å²) in [5.41, 5.74) is 0.397. The number of carbonyl (C=O) groups is 1. The van der Waals surface area contributed by atoms with Crippen molar-refractivity contribution in [2.75, 3.05) is 6.54 Å². The second-order valence-electron chi connectivity index (χ2n) is 5.83. The van der Waals surface area contributed by atoms with Gasteiger partial charge in [-0.1, -0.05) is 25.4 Å². The Hall–Kier alpha value is -1.26. The maximum atomic E-state index is 12.0. The van der Waals surface area contributed by atoms with E-state index in [4.69, 9.17) is 16.3 Å². The van der Waals surface area contributed by atoms with Crippen molar-refractivity contribution >= 4 is 17.5 Å². The van der Waals surface area contributed by atoms with E-state index >= 15 is 0 Å². The molecule has 116 valence electrons. The molecule has 2 rings (SSSR count). The topological polar surface area (TPSA) is 58.6 Å². The molecule has 0 spiro atoms. The zero-order valence-electron chi connectivity index (χ0n) is 12.4. The normalized spacial score (nSPS) is 16.4. The second-order valence-corrected chi connectivity index (χ2v) is 6.24. The molecule has 1 aromatic rings. The zero-order chi connectivity index (χ0) is 15.4. The van der Waals surface area contributed by atoms with Gasteiger partial charge in [0.15, 0.2) is 0 Å². The summed E-state index contributed by atoms with van der Waals surface area (Å²) in [5.74, 6) is 0.511. The summed E-state index contributed by atoms with van der Waals surface area (Å²) in [7, 11) is 0. The lowest BCUT2D eigenvalue weighted by molar-refractivity contribution is 0.0871. The SMILES string of the molecule is CC(C)C(O)CNC(=O)c1ccc(OC2CCC2)cc1Cl. The number of rotatable bonds is 6. The van der Waals surface area contributed by atoms with E-state index in [1.54, 1.807) is 18.2 Å². The van der Waals surface area contributed by atoms with E-state index < -0.39 is 6.10 Å². The molecule has 1 aromatic carbocycles. The van der Waals surface area contributed by atoms with Gasteiger partial charge in [0.2, 0.25) is 0 Å². The molecule has 0 aliphatic heterocycles. The van der Waals surface area contributed by atoms with Crippen molar-refractivity contribution < 1.29 is 14.6 Å². The fraction of sp³-hybridized carbons (Fsp3) is 0.562. The standard InChI is InChI=1S/C16H22ClNO3/c1-10(2)15(19)9-18-16(20)13-7-6-12(8-14(13)17)21-11-4-3-5-11/h6-8,10-11,15,19H,3-5,9H2,1-2H3,(H,18,20). The minimum absolute atomic E-state index is 0.0963. The first-order chi connectivity index (χ1) is 9.97. The molecule has 1 unspecified atom stereocenters. The number of nitrogens with one attached hydrogen (secondary N) is 1. The van der Waals surface area contributed by atoms with Crippen LogP contribution < -0.4 is 10.1 Å². The highest BCUT2D eigenvalue weighted by Crippen LogP contribution is 2.28. The van der Waals surface area contributed by atoms with Crippen molar-refractivity contribution in [1.29, 1.82) is 0 Å². The Balaban J connectivity index is 1.94. The summed E-state index contributed by atoms with van der Waals surface area (Å²) in [6, 6.07) is 5.10. The Morgan fingerprint density at radius 2 is 2.19 bits per heavy atom. The molecule has 2 N–H and O–H groups in total. The number of carbonyl (C=O) groups excluding carboxylic acids is 1. The maximum absolute atomic E-state index is 12.0. The van der Waals surface area contributed by atoms with Gasteiger partial charge in [0.05, 0.1) is 22.8 Å². The lowest BCUT2D eigenvalue weighted by Crippen LogP contribution is -2.34. The Labute approximate surface area is 130 Å². The molecule has 0 aromatic heterocycles. The molecule has 0 radical (unpaired) electrons. The van der Waals surface area contributed by atoms with E-state index in [1.807, 2.05) is 13.8 Å². The highest BCUT2D eigenvalue weighted by atomic mass is 35.5. The maximum Gasteiger partial charge on any atom is 0.252 e. The average Bonchev–Trinajstić information content (AvgIpc) is 2.39. The van der Waals surface area contributed by atoms with Crippen LogP contribution in [0.25, 0.3) is 0 Å². The van der Waals surface area contributed by atoms with E-state index in [0.29, 0.717) is 16.3 Å². The quantitative estimate of drug-likeness (QED) is 0.849. The van der Waals surface area contributed by atoms with Gasteiger partial charge < -0.3 is 15.2 Å². The predicted molar refractivity (Wildman–Crippen MR) is 82.9 cm³/mol. The van der Waals surface area contributed by atoms with Crippen molar-refractivity contribution in [3.8, 4) is 5.75 Å². The zero-order valence-corrected chi connectivity index (χ0v) is 13.2. The molecule has 1 atom stereocenters. The average molecular weight is 312 g/mol. The number of hydrogen-bond donors (Lipinski definition) is 2. The number of aliphatic hydroxyl groups is 1. The van der Waals surface area contributed by atoms with Gasteiger partial charge in [-0.2, -0.15) is 0 Å². The number of aliphatic hydroxyl groups excluding tert-OH is 1. The van der Waals surface area contributed by atoms with Crippen molar-refractivity contribution in [3.63, 3.8) is 0 Å². The lowest BCUT2D eigenvalue weighted by atomic mass is 9.96. The van der Waals surface area contributed by atoms with E-state index in [0.717, 1.165) is 12.8 Å². The van der Waals surface area contributed by atoms with Crippen LogP contribution in [0.2, 0.25) is 5.02 Å². The van der Waals surface area contributed by atoms with Crippen LogP contribution in [0.4, 0.5) is 0 Å². The molecule has 4 nitrogen and oxygen atoms in total. The minimum Gasteiger partial charge on any atom is -0.490 e. The first kappa shape index (κ1) is 16.1. The smallest absolute Gasteiger partial charge is 0.252 e. The molecule has 1 aliphatic rings. The third-order valence-electron chi connectivity index (χ3n) is 3.78. The Morgan fingerprint density at radius 1 is 1.48 bits per heavy atom. The van der Waals surface area contributed by atoms with Crippen molar-refractivity contribution in [2.24, 2.45) is 5.92 Å². The molecular weight excluding hydrogens is 290 g/mol. The molecule has 5 heteroatoms. The van der Waals surface area contributed by atoms with Gasteiger partial charge in [-0.15, -0.1) is 0 Å². The first-order valence-electron chi connectivity index (χ1n) is 7.40. The number of amides is 1. The van der Waals surface area contributed by atoms with E-state index in [2.05, 4.69) is 5.32 Å². The summed E-state index contributed by atoms with van der Waals surface area (Å²) >= 11 is 6.14. The van der Waals surface area contributed by atoms with Crippen LogP contribution in [0.5, 0.6) is 5.75 Å². The Morgan fingerprint density at radius 3 is 2.71 bits per heavy atom. The summed E-state index contributed by atoms with van der Waals surface area (Å²) in [4.78, 5) is 12.0. The van der Waals surface area contributed by atoms with Crippen LogP contribution in [-0.2, 0) is 0 Å². The number of halogens is 1. The molecule has 1 aliphatic carbocycles. The van der Waals surface area contributed by atoms with Gasteiger partial charge in [0, 0.05) is 6.54 Å². The highest BCUT2D eigenvalue weighted by Gasteiger charge is 2.20. The van der Waals surface area contributed by atoms with E-state index in [1.165, 1.54) is 6.42 Å². The monoisotopic (exact) mass is 311 g/mol. The molecule has 0 saturated heterocycles. The molecule has 0 bridgehead atoms. The summed E-state index contributed by atoms with van der Waals surface area (Å²) in [5, 5.41) is 12.8.